The van der Waals surface area contributed by atoms with E-state index in [2.05, 4.69) is 10.2 Å². The normalized spacial score (nSPS) is 21.4. The number of rotatable bonds is 3. The first-order valence-corrected chi connectivity index (χ1v) is 6.21. The number of amides is 2. The second kappa shape index (κ2) is 5.56. The van der Waals surface area contributed by atoms with E-state index in [0.29, 0.717) is 0 Å². The minimum absolute atomic E-state index is 0.147. The summed E-state index contributed by atoms with van der Waals surface area (Å²) in [4.78, 5) is 26.8. The molecule has 0 bridgehead atoms. The Balaban J connectivity index is 2.58. The molecule has 2 amide bonds. The zero-order valence-electron chi connectivity index (χ0n) is 11.6. The number of carbonyl (C=O) groups excluding carboxylic acids is 1. The maximum Gasteiger partial charge on any atom is 0.328 e. The van der Waals surface area contributed by atoms with E-state index < -0.39 is 11.5 Å². The standard InChI is InChI=1S/C12H23N3O3/c1-12(2,10(16)17)13-11(18)15(4)9-6-5-7-14(3)8-9/h9H,5-8H2,1-4H3,(H,13,18)(H,16,17). The predicted molar refractivity (Wildman–Crippen MR) is 68.5 cm³/mol. The van der Waals surface area contributed by atoms with Crippen molar-refractivity contribution in [1.82, 2.24) is 15.1 Å². The molecular formula is C12H23N3O3. The average Bonchev–Trinajstić information content (AvgIpc) is 2.27. The Kier molecular flexibility index (Phi) is 4.56. The third kappa shape index (κ3) is 3.60. The molecule has 1 atom stereocenters. The molecule has 6 heteroatoms. The van der Waals surface area contributed by atoms with E-state index in [-0.39, 0.29) is 12.1 Å². The van der Waals surface area contributed by atoms with Crippen LogP contribution in [0.5, 0.6) is 0 Å². The highest BCUT2D eigenvalue weighted by Gasteiger charge is 2.32. The molecule has 0 saturated carbocycles. The number of carboxylic acid groups (broad SMARTS) is 1. The Morgan fingerprint density at radius 2 is 2.06 bits per heavy atom. The van der Waals surface area contributed by atoms with Crippen molar-refractivity contribution in [3.8, 4) is 0 Å². The number of likely N-dealkylation sites (tertiary alicyclic amines) is 1. The Hall–Kier alpha value is -1.30. The Labute approximate surface area is 108 Å². The van der Waals surface area contributed by atoms with E-state index in [9.17, 15) is 9.59 Å². The fourth-order valence-electron chi connectivity index (χ4n) is 2.03. The Morgan fingerprint density at radius 3 is 2.56 bits per heavy atom. The Morgan fingerprint density at radius 1 is 1.44 bits per heavy atom. The van der Waals surface area contributed by atoms with Crippen molar-refractivity contribution in [2.45, 2.75) is 38.3 Å². The summed E-state index contributed by atoms with van der Waals surface area (Å²) in [5.74, 6) is -1.04. The summed E-state index contributed by atoms with van der Waals surface area (Å²) in [6.45, 7) is 4.84. The van der Waals surface area contributed by atoms with Gasteiger partial charge in [0.1, 0.15) is 5.54 Å². The lowest BCUT2D eigenvalue weighted by atomic mass is 10.0. The van der Waals surface area contributed by atoms with E-state index in [1.165, 1.54) is 13.8 Å². The van der Waals surface area contributed by atoms with Gasteiger partial charge in [0.2, 0.25) is 0 Å². The zero-order valence-corrected chi connectivity index (χ0v) is 11.6. The summed E-state index contributed by atoms with van der Waals surface area (Å²) in [6, 6.07) is -0.184. The van der Waals surface area contributed by atoms with Crippen molar-refractivity contribution in [2.24, 2.45) is 0 Å². The molecule has 1 fully saturated rings. The van der Waals surface area contributed by atoms with Crippen LogP contribution in [0.1, 0.15) is 26.7 Å². The van der Waals surface area contributed by atoms with Gasteiger partial charge in [-0.05, 0) is 40.3 Å². The van der Waals surface area contributed by atoms with Crippen LogP contribution in [-0.4, -0.2) is 65.7 Å². The van der Waals surface area contributed by atoms with Gasteiger partial charge >= 0.3 is 12.0 Å². The molecule has 1 unspecified atom stereocenters. The third-order valence-electron chi connectivity index (χ3n) is 3.42. The maximum atomic E-state index is 12.0. The van der Waals surface area contributed by atoms with Gasteiger partial charge in [-0.2, -0.15) is 0 Å². The number of hydrogen-bond donors (Lipinski definition) is 2. The number of carboxylic acids is 1. The molecule has 0 spiro atoms. The third-order valence-corrected chi connectivity index (χ3v) is 3.42. The Bertz CT molecular complexity index is 331. The second-order valence-electron chi connectivity index (χ2n) is 5.53. The highest BCUT2D eigenvalue weighted by atomic mass is 16.4. The minimum atomic E-state index is -1.24. The van der Waals surface area contributed by atoms with E-state index in [1.807, 2.05) is 7.05 Å². The molecular weight excluding hydrogens is 234 g/mol. The molecule has 18 heavy (non-hydrogen) atoms. The number of urea groups is 1. The zero-order chi connectivity index (χ0) is 13.9. The van der Waals surface area contributed by atoms with Crippen LogP contribution >= 0.6 is 0 Å². The van der Waals surface area contributed by atoms with Gasteiger partial charge in [0.25, 0.3) is 0 Å². The highest BCUT2D eigenvalue weighted by molar-refractivity contribution is 5.85. The van der Waals surface area contributed by atoms with Crippen molar-refractivity contribution in [1.29, 1.82) is 0 Å². The average molecular weight is 257 g/mol. The maximum absolute atomic E-state index is 12.0. The first-order valence-electron chi connectivity index (χ1n) is 6.21. The van der Waals surface area contributed by atoms with Gasteiger partial charge in [-0.15, -0.1) is 0 Å². The van der Waals surface area contributed by atoms with Crippen molar-refractivity contribution < 1.29 is 14.7 Å². The highest BCUT2D eigenvalue weighted by Crippen LogP contribution is 2.14. The van der Waals surface area contributed by atoms with Crippen LogP contribution in [0.4, 0.5) is 4.79 Å². The molecule has 0 radical (unpaired) electrons. The topological polar surface area (TPSA) is 72.9 Å². The number of hydrogen-bond acceptors (Lipinski definition) is 3. The van der Waals surface area contributed by atoms with E-state index >= 15 is 0 Å². The van der Waals surface area contributed by atoms with Crippen molar-refractivity contribution in [3.63, 3.8) is 0 Å². The van der Waals surface area contributed by atoms with Gasteiger partial charge in [0, 0.05) is 19.6 Å². The summed E-state index contributed by atoms with van der Waals surface area (Å²) in [5, 5.41) is 11.5. The predicted octanol–water partition coefficient (Wildman–Crippen LogP) is 0.585. The van der Waals surface area contributed by atoms with E-state index in [4.69, 9.17) is 5.11 Å². The van der Waals surface area contributed by atoms with Gasteiger partial charge in [0.15, 0.2) is 0 Å². The lowest BCUT2D eigenvalue weighted by Crippen LogP contribution is -2.57. The van der Waals surface area contributed by atoms with Crippen LogP contribution in [-0.2, 0) is 4.79 Å². The number of nitrogens with one attached hydrogen (secondary N) is 1. The molecule has 0 aromatic carbocycles. The van der Waals surface area contributed by atoms with Crippen LogP contribution in [0.2, 0.25) is 0 Å². The number of nitrogens with zero attached hydrogens (tertiary/aromatic N) is 2. The van der Waals surface area contributed by atoms with E-state index in [1.54, 1.807) is 11.9 Å². The first kappa shape index (κ1) is 14.8. The van der Waals surface area contributed by atoms with Gasteiger partial charge < -0.3 is 20.2 Å². The lowest BCUT2D eigenvalue weighted by molar-refractivity contribution is -0.143. The molecule has 6 nitrogen and oxygen atoms in total. The van der Waals surface area contributed by atoms with Gasteiger partial charge in [0.05, 0.1) is 0 Å². The van der Waals surface area contributed by atoms with Crippen molar-refractivity contribution in [3.05, 3.63) is 0 Å². The summed E-state index contributed by atoms with van der Waals surface area (Å²) in [6.07, 6.45) is 2.02. The van der Waals surface area contributed by atoms with Crippen LogP contribution < -0.4 is 5.32 Å². The number of piperidine rings is 1. The van der Waals surface area contributed by atoms with Crippen molar-refractivity contribution in [2.75, 3.05) is 27.2 Å². The molecule has 1 aliphatic rings. The number of likely N-dealkylation sites (N-methyl/N-ethyl adjacent to an activating group) is 2. The fourth-order valence-corrected chi connectivity index (χ4v) is 2.03. The first-order chi connectivity index (χ1) is 8.24. The monoisotopic (exact) mass is 257 g/mol. The van der Waals surface area contributed by atoms with Crippen LogP contribution in [0, 0.1) is 0 Å². The minimum Gasteiger partial charge on any atom is -0.480 e. The summed E-state index contributed by atoms with van der Waals surface area (Å²) in [5.41, 5.74) is -1.24. The SMILES string of the molecule is CN1CCCC(N(C)C(=O)NC(C)(C)C(=O)O)C1. The number of aliphatic carboxylic acids is 1. The van der Waals surface area contributed by atoms with Crippen molar-refractivity contribution >= 4 is 12.0 Å². The molecule has 2 N–H and O–H groups in total. The van der Waals surface area contributed by atoms with Gasteiger partial charge in [-0.1, -0.05) is 0 Å². The van der Waals surface area contributed by atoms with Gasteiger partial charge in [-0.3, -0.25) is 0 Å². The lowest BCUT2D eigenvalue weighted by Gasteiger charge is -2.37. The molecule has 0 aliphatic carbocycles. The molecule has 1 saturated heterocycles. The molecule has 1 rings (SSSR count). The second-order valence-corrected chi connectivity index (χ2v) is 5.53. The number of carbonyl (C=O) groups is 2. The smallest absolute Gasteiger partial charge is 0.328 e. The summed E-state index contributed by atoms with van der Waals surface area (Å²) in [7, 11) is 3.75. The molecule has 104 valence electrons. The van der Waals surface area contributed by atoms with Crippen LogP contribution in [0.25, 0.3) is 0 Å². The summed E-state index contributed by atoms with van der Waals surface area (Å²) < 4.78 is 0. The fraction of sp³-hybridized carbons (Fsp3) is 0.833. The van der Waals surface area contributed by atoms with E-state index in [0.717, 1.165) is 25.9 Å². The molecule has 1 heterocycles. The van der Waals surface area contributed by atoms with Gasteiger partial charge in [-0.25, -0.2) is 9.59 Å². The summed E-state index contributed by atoms with van der Waals surface area (Å²) >= 11 is 0. The largest absolute Gasteiger partial charge is 0.480 e. The molecule has 0 aromatic heterocycles. The van der Waals surface area contributed by atoms with Crippen LogP contribution in [0.3, 0.4) is 0 Å². The van der Waals surface area contributed by atoms with Crippen LogP contribution in [0.15, 0.2) is 0 Å². The quantitative estimate of drug-likeness (QED) is 0.776. The molecule has 0 aromatic rings. The molecule has 1 aliphatic heterocycles.